The lowest BCUT2D eigenvalue weighted by Crippen LogP contribution is -2.19. The third kappa shape index (κ3) is 3.25. The fraction of sp³-hybridized carbons (Fsp3) is 0.333. The Hall–Kier alpha value is -2.02. The molecule has 0 saturated carbocycles. The van der Waals surface area contributed by atoms with Crippen LogP contribution in [-0.4, -0.2) is 28.1 Å². The molecule has 0 spiro atoms. The molecule has 0 fully saturated rings. The van der Waals surface area contributed by atoms with Gasteiger partial charge in [0.15, 0.2) is 5.69 Å². The number of aryl methyl sites for hydroxylation is 2. The van der Waals surface area contributed by atoms with E-state index in [0.717, 1.165) is 10.7 Å². The molecule has 0 aliphatic carbocycles. The maximum absolute atomic E-state index is 11.3. The van der Waals surface area contributed by atoms with Crippen LogP contribution >= 0.6 is 11.3 Å². The molecule has 0 aromatic carbocycles. The lowest BCUT2D eigenvalue weighted by Gasteiger charge is -2.04. The van der Waals surface area contributed by atoms with Gasteiger partial charge in [-0.3, -0.25) is 4.79 Å². The first-order valence-electron chi connectivity index (χ1n) is 5.82. The van der Waals surface area contributed by atoms with Gasteiger partial charge in [0.1, 0.15) is 5.82 Å². The molecule has 2 rings (SSSR count). The van der Waals surface area contributed by atoms with E-state index in [1.807, 2.05) is 13.8 Å². The highest BCUT2D eigenvalue weighted by atomic mass is 32.1. The maximum atomic E-state index is 11.3. The van der Waals surface area contributed by atoms with Crippen LogP contribution in [0.2, 0.25) is 0 Å². The summed E-state index contributed by atoms with van der Waals surface area (Å²) in [6.45, 7) is 4.63. The van der Waals surface area contributed by atoms with Gasteiger partial charge in [0.25, 0.3) is 5.91 Å². The van der Waals surface area contributed by atoms with Crippen LogP contribution in [0.1, 0.15) is 26.1 Å². The van der Waals surface area contributed by atoms with Gasteiger partial charge >= 0.3 is 0 Å². The normalized spacial score (nSPS) is 10.3. The molecular weight excluding hydrogens is 262 g/mol. The standard InChI is InChI=1S/C12H15N5OS/c1-7-10(19-8(2)15-7)6-14-11-5-4-9(16-17-11)12(18)13-3/h4-5H,6H2,1-3H3,(H,13,18)(H,14,17). The average molecular weight is 277 g/mol. The van der Waals surface area contributed by atoms with Gasteiger partial charge in [-0.05, 0) is 26.0 Å². The van der Waals surface area contributed by atoms with Gasteiger partial charge in [-0.2, -0.15) is 0 Å². The monoisotopic (exact) mass is 277 g/mol. The largest absolute Gasteiger partial charge is 0.364 e. The lowest BCUT2D eigenvalue weighted by atomic mass is 10.3. The van der Waals surface area contributed by atoms with E-state index < -0.39 is 0 Å². The highest BCUT2D eigenvalue weighted by Crippen LogP contribution is 2.18. The molecule has 19 heavy (non-hydrogen) atoms. The van der Waals surface area contributed by atoms with Crippen LogP contribution in [-0.2, 0) is 6.54 Å². The number of amides is 1. The minimum atomic E-state index is -0.243. The van der Waals surface area contributed by atoms with Crippen molar-refractivity contribution in [1.82, 2.24) is 20.5 Å². The second-order valence-electron chi connectivity index (χ2n) is 3.98. The fourth-order valence-electron chi connectivity index (χ4n) is 1.58. The Morgan fingerprint density at radius 1 is 1.32 bits per heavy atom. The van der Waals surface area contributed by atoms with Crippen LogP contribution in [0.4, 0.5) is 5.82 Å². The molecule has 0 unspecified atom stereocenters. The number of hydrogen-bond donors (Lipinski definition) is 2. The molecule has 2 N–H and O–H groups in total. The topological polar surface area (TPSA) is 79.8 Å². The van der Waals surface area contributed by atoms with E-state index in [9.17, 15) is 4.79 Å². The zero-order valence-electron chi connectivity index (χ0n) is 11.0. The Morgan fingerprint density at radius 2 is 2.11 bits per heavy atom. The smallest absolute Gasteiger partial charge is 0.271 e. The van der Waals surface area contributed by atoms with Crippen molar-refractivity contribution in [2.24, 2.45) is 0 Å². The van der Waals surface area contributed by atoms with Crippen molar-refractivity contribution < 1.29 is 4.79 Å². The number of aromatic nitrogens is 3. The molecule has 0 bridgehead atoms. The summed E-state index contributed by atoms with van der Waals surface area (Å²) in [5, 5.41) is 14.5. The number of nitrogens with one attached hydrogen (secondary N) is 2. The number of rotatable bonds is 4. The Bertz CT molecular complexity index is 578. The van der Waals surface area contributed by atoms with Crippen molar-refractivity contribution in [3.8, 4) is 0 Å². The Balaban J connectivity index is 2.00. The number of nitrogens with zero attached hydrogens (tertiary/aromatic N) is 3. The van der Waals surface area contributed by atoms with Crippen molar-refractivity contribution in [2.45, 2.75) is 20.4 Å². The van der Waals surface area contributed by atoms with Crippen LogP contribution in [0.25, 0.3) is 0 Å². The SMILES string of the molecule is CNC(=O)c1ccc(NCc2sc(C)nc2C)nn1. The van der Waals surface area contributed by atoms with Crippen LogP contribution in [0.3, 0.4) is 0 Å². The summed E-state index contributed by atoms with van der Waals surface area (Å²) in [4.78, 5) is 16.8. The van der Waals surface area contributed by atoms with Crippen molar-refractivity contribution in [3.63, 3.8) is 0 Å². The molecule has 0 aliphatic heterocycles. The fourth-order valence-corrected chi connectivity index (χ4v) is 2.46. The summed E-state index contributed by atoms with van der Waals surface area (Å²) in [6.07, 6.45) is 0. The summed E-state index contributed by atoms with van der Waals surface area (Å²) >= 11 is 1.66. The molecule has 6 nitrogen and oxygen atoms in total. The van der Waals surface area contributed by atoms with Crippen LogP contribution in [0.5, 0.6) is 0 Å². The summed E-state index contributed by atoms with van der Waals surface area (Å²) in [5.41, 5.74) is 1.34. The van der Waals surface area contributed by atoms with E-state index in [4.69, 9.17) is 0 Å². The average Bonchev–Trinajstić information content (AvgIpc) is 2.74. The molecule has 2 aromatic heterocycles. The number of carbonyl (C=O) groups excluding carboxylic acids is 1. The minimum Gasteiger partial charge on any atom is -0.364 e. The summed E-state index contributed by atoms with van der Waals surface area (Å²) in [7, 11) is 1.56. The second kappa shape index (κ2) is 5.75. The van der Waals surface area contributed by atoms with Gasteiger partial charge in [-0.25, -0.2) is 4.98 Å². The van der Waals surface area contributed by atoms with Crippen LogP contribution in [0, 0.1) is 13.8 Å². The van der Waals surface area contributed by atoms with E-state index in [1.54, 1.807) is 30.5 Å². The van der Waals surface area contributed by atoms with E-state index >= 15 is 0 Å². The van der Waals surface area contributed by atoms with Crippen molar-refractivity contribution in [2.75, 3.05) is 12.4 Å². The summed E-state index contributed by atoms with van der Waals surface area (Å²) in [6, 6.07) is 3.37. The van der Waals surface area contributed by atoms with E-state index in [0.29, 0.717) is 18.1 Å². The third-order valence-electron chi connectivity index (χ3n) is 2.55. The van der Waals surface area contributed by atoms with E-state index in [1.165, 1.54) is 4.88 Å². The Kier molecular flexibility index (Phi) is 4.06. The van der Waals surface area contributed by atoms with Gasteiger partial charge in [-0.15, -0.1) is 21.5 Å². The maximum Gasteiger partial charge on any atom is 0.271 e. The highest BCUT2D eigenvalue weighted by molar-refractivity contribution is 7.11. The second-order valence-corrected chi connectivity index (χ2v) is 5.27. The zero-order valence-corrected chi connectivity index (χ0v) is 11.8. The van der Waals surface area contributed by atoms with Crippen molar-refractivity contribution >= 4 is 23.1 Å². The minimum absolute atomic E-state index is 0.243. The number of carbonyl (C=O) groups is 1. The number of anilines is 1. The molecule has 2 aromatic rings. The molecule has 100 valence electrons. The van der Waals surface area contributed by atoms with Crippen molar-refractivity contribution in [3.05, 3.63) is 33.4 Å². The third-order valence-corrected chi connectivity index (χ3v) is 3.63. The molecule has 2 heterocycles. The molecule has 0 aliphatic rings. The summed E-state index contributed by atoms with van der Waals surface area (Å²) < 4.78 is 0. The predicted molar refractivity (Wildman–Crippen MR) is 74.3 cm³/mol. The first-order chi connectivity index (χ1) is 9.10. The predicted octanol–water partition coefficient (Wildman–Crippen LogP) is 1.52. The molecular formula is C12H15N5OS. The van der Waals surface area contributed by atoms with Crippen LogP contribution < -0.4 is 10.6 Å². The summed E-state index contributed by atoms with van der Waals surface area (Å²) in [5.74, 6) is 0.395. The van der Waals surface area contributed by atoms with Gasteiger partial charge in [0.05, 0.1) is 17.2 Å². The van der Waals surface area contributed by atoms with Crippen molar-refractivity contribution in [1.29, 1.82) is 0 Å². The lowest BCUT2D eigenvalue weighted by molar-refractivity contribution is 0.0957. The molecule has 1 amide bonds. The van der Waals surface area contributed by atoms with Gasteiger partial charge in [-0.1, -0.05) is 0 Å². The van der Waals surface area contributed by atoms with Gasteiger partial charge < -0.3 is 10.6 Å². The van der Waals surface area contributed by atoms with Crippen LogP contribution in [0.15, 0.2) is 12.1 Å². The van der Waals surface area contributed by atoms with Gasteiger partial charge in [0.2, 0.25) is 0 Å². The first kappa shape index (κ1) is 13.4. The number of hydrogen-bond acceptors (Lipinski definition) is 6. The van der Waals surface area contributed by atoms with E-state index in [-0.39, 0.29) is 5.91 Å². The van der Waals surface area contributed by atoms with E-state index in [2.05, 4.69) is 25.8 Å². The molecule has 0 saturated heterocycles. The molecule has 0 atom stereocenters. The Morgan fingerprint density at radius 3 is 2.63 bits per heavy atom. The van der Waals surface area contributed by atoms with Gasteiger partial charge in [0, 0.05) is 11.9 Å². The zero-order chi connectivity index (χ0) is 13.8. The first-order valence-corrected chi connectivity index (χ1v) is 6.64. The molecule has 7 heteroatoms. The Labute approximate surface area is 115 Å². The highest BCUT2D eigenvalue weighted by Gasteiger charge is 2.07. The quantitative estimate of drug-likeness (QED) is 0.885. The number of thiazole rings is 1. The molecule has 0 radical (unpaired) electrons.